The van der Waals surface area contributed by atoms with Gasteiger partial charge in [0.05, 0.1) is 40.6 Å². The van der Waals surface area contributed by atoms with Crippen molar-refractivity contribution in [3.8, 4) is 0 Å². The van der Waals surface area contributed by atoms with Gasteiger partial charge < -0.3 is 10.1 Å². The minimum absolute atomic E-state index is 0.392. The van der Waals surface area contributed by atoms with Crippen molar-refractivity contribution in [1.82, 2.24) is 4.98 Å². The summed E-state index contributed by atoms with van der Waals surface area (Å²) in [6.45, 7) is 0.405. The molecule has 1 N–H and O–H groups in total. The minimum Gasteiger partial charge on any atom is -0.465 e. The average Bonchev–Trinajstić information content (AvgIpc) is 2.46. The second-order valence-corrected chi connectivity index (χ2v) is 5.38. The second-order valence-electron chi connectivity index (χ2n) is 4.13. The Morgan fingerprint density at radius 1 is 1.24 bits per heavy atom. The molecule has 21 heavy (non-hydrogen) atoms. The van der Waals surface area contributed by atoms with Gasteiger partial charge in [-0.1, -0.05) is 34.8 Å². The Balaban J connectivity index is 2.08. The summed E-state index contributed by atoms with van der Waals surface area (Å²) in [5.74, 6) is -0.425. The highest BCUT2D eigenvalue weighted by molar-refractivity contribution is 6.41. The normalized spacial score (nSPS) is 10.3. The largest absolute Gasteiger partial charge is 0.465 e. The highest BCUT2D eigenvalue weighted by atomic mass is 35.5. The van der Waals surface area contributed by atoms with Crippen LogP contribution in [0.5, 0.6) is 0 Å². The van der Waals surface area contributed by atoms with E-state index in [-0.39, 0.29) is 0 Å². The number of benzene rings is 1. The first-order valence-electron chi connectivity index (χ1n) is 5.93. The van der Waals surface area contributed by atoms with E-state index in [9.17, 15) is 4.79 Å². The monoisotopic (exact) mass is 344 g/mol. The van der Waals surface area contributed by atoms with Crippen LogP contribution in [0, 0.1) is 0 Å². The van der Waals surface area contributed by atoms with Gasteiger partial charge in [-0.2, -0.15) is 0 Å². The molecule has 0 unspecified atom stereocenters. The molecule has 0 aliphatic heterocycles. The molecule has 7 heteroatoms. The summed E-state index contributed by atoms with van der Waals surface area (Å²) < 4.78 is 4.61. The van der Waals surface area contributed by atoms with Crippen molar-refractivity contribution < 1.29 is 9.53 Å². The topological polar surface area (TPSA) is 51.2 Å². The standard InChI is InChI=1S/C14H11Cl3N2O2/c1-21-14(20)8-2-3-10(18-6-8)7-19-13-11(16)4-9(15)5-12(13)17/h2-6,19H,7H2,1H3. The Labute approximate surface area is 137 Å². The van der Waals surface area contributed by atoms with Crippen molar-refractivity contribution in [3.63, 3.8) is 0 Å². The van der Waals surface area contributed by atoms with Crippen molar-refractivity contribution in [1.29, 1.82) is 0 Å². The van der Waals surface area contributed by atoms with Crippen LogP contribution < -0.4 is 5.32 Å². The smallest absolute Gasteiger partial charge is 0.339 e. The van der Waals surface area contributed by atoms with E-state index in [0.29, 0.717) is 32.9 Å². The number of carbonyl (C=O) groups is 1. The number of aromatic nitrogens is 1. The van der Waals surface area contributed by atoms with E-state index in [1.165, 1.54) is 13.3 Å². The van der Waals surface area contributed by atoms with E-state index < -0.39 is 5.97 Å². The first-order valence-corrected chi connectivity index (χ1v) is 7.06. The lowest BCUT2D eigenvalue weighted by molar-refractivity contribution is 0.0600. The Hall–Kier alpha value is -1.49. The fraction of sp³-hybridized carbons (Fsp3) is 0.143. The SMILES string of the molecule is COC(=O)c1ccc(CNc2c(Cl)cc(Cl)cc2Cl)nc1. The molecule has 110 valence electrons. The van der Waals surface area contributed by atoms with Gasteiger partial charge in [0, 0.05) is 11.2 Å². The van der Waals surface area contributed by atoms with Gasteiger partial charge in [-0.25, -0.2) is 4.79 Å². The Bertz CT molecular complexity index is 637. The van der Waals surface area contributed by atoms with Crippen LogP contribution in [0.3, 0.4) is 0 Å². The molecular formula is C14H11Cl3N2O2. The maximum atomic E-state index is 11.3. The predicted octanol–water partition coefficient (Wildman–Crippen LogP) is 4.44. The molecule has 0 aliphatic rings. The molecule has 1 heterocycles. The van der Waals surface area contributed by atoms with Gasteiger partial charge in [-0.3, -0.25) is 4.98 Å². The number of carbonyl (C=O) groups excluding carboxylic acids is 1. The third-order valence-electron chi connectivity index (χ3n) is 2.70. The summed E-state index contributed by atoms with van der Waals surface area (Å²) in [5, 5.41) is 4.41. The van der Waals surface area contributed by atoms with Gasteiger partial charge in [0.25, 0.3) is 0 Å². The lowest BCUT2D eigenvalue weighted by Crippen LogP contribution is -2.05. The highest BCUT2D eigenvalue weighted by Gasteiger charge is 2.09. The zero-order valence-electron chi connectivity index (χ0n) is 11.0. The van der Waals surface area contributed by atoms with Gasteiger partial charge in [0.2, 0.25) is 0 Å². The van der Waals surface area contributed by atoms with Crippen molar-refractivity contribution in [3.05, 3.63) is 56.8 Å². The quantitative estimate of drug-likeness (QED) is 0.832. The molecule has 0 atom stereocenters. The molecule has 0 fully saturated rings. The highest BCUT2D eigenvalue weighted by Crippen LogP contribution is 2.33. The summed E-state index contributed by atoms with van der Waals surface area (Å²) in [6, 6.07) is 6.56. The number of ether oxygens (including phenoxy) is 1. The van der Waals surface area contributed by atoms with Crippen molar-refractivity contribution in [2.75, 3.05) is 12.4 Å². The summed E-state index contributed by atoms with van der Waals surface area (Å²) >= 11 is 18.0. The predicted molar refractivity (Wildman–Crippen MR) is 84.4 cm³/mol. The van der Waals surface area contributed by atoms with Crippen LogP contribution in [0.1, 0.15) is 16.1 Å². The zero-order valence-corrected chi connectivity index (χ0v) is 13.3. The fourth-order valence-electron chi connectivity index (χ4n) is 1.66. The van der Waals surface area contributed by atoms with Gasteiger partial charge in [0.1, 0.15) is 0 Å². The summed E-state index contributed by atoms with van der Waals surface area (Å²) in [6.07, 6.45) is 1.45. The van der Waals surface area contributed by atoms with Gasteiger partial charge in [-0.15, -0.1) is 0 Å². The van der Waals surface area contributed by atoms with Crippen LogP contribution in [-0.4, -0.2) is 18.1 Å². The first kappa shape index (κ1) is 15.9. The minimum atomic E-state index is -0.425. The number of methoxy groups -OCH3 is 1. The molecule has 0 saturated carbocycles. The lowest BCUT2D eigenvalue weighted by atomic mass is 10.2. The molecule has 0 radical (unpaired) electrons. The van der Waals surface area contributed by atoms with E-state index in [1.807, 2.05) is 0 Å². The average molecular weight is 346 g/mol. The molecule has 0 amide bonds. The number of anilines is 1. The molecule has 1 aromatic carbocycles. The van der Waals surface area contributed by atoms with E-state index in [4.69, 9.17) is 34.8 Å². The van der Waals surface area contributed by atoms with Crippen molar-refractivity contribution >= 4 is 46.5 Å². The van der Waals surface area contributed by atoms with Gasteiger partial charge in [0.15, 0.2) is 0 Å². The lowest BCUT2D eigenvalue weighted by Gasteiger charge is -2.10. The zero-order chi connectivity index (χ0) is 15.4. The molecular weight excluding hydrogens is 335 g/mol. The summed E-state index contributed by atoms with van der Waals surface area (Å²) in [4.78, 5) is 15.5. The Kier molecular flexibility index (Phi) is 5.28. The number of nitrogens with one attached hydrogen (secondary N) is 1. The Morgan fingerprint density at radius 2 is 1.90 bits per heavy atom. The third kappa shape index (κ3) is 4.00. The number of hydrogen-bond acceptors (Lipinski definition) is 4. The number of pyridine rings is 1. The number of nitrogens with zero attached hydrogens (tertiary/aromatic N) is 1. The van der Waals surface area contributed by atoms with E-state index in [2.05, 4.69) is 15.0 Å². The van der Waals surface area contributed by atoms with E-state index in [1.54, 1.807) is 24.3 Å². The van der Waals surface area contributed by atoms with Crippen LogP contribution >= 0.6 is 34.8 Å². The number of hydrogen-bond donors (Lipinski definition) is 1. The number of halogens is 3. The Morgan fingerprint density at radius 3 is 2.43 bits per heavy atom. The maximum Gasteiger partial charge on any atom is 0.339 e. The molecule has 2 aromatic rings. The van der Waals surface area contributed by atoms with E-state index in [0.717, 1.165) is 5.69 Å². The second kappa shape index (κ2) is 6.98. The number of esters is 1. The van der Waals surface area contributed by atoms with Crippen LogP contribution in [0.25, 0.3) is 0 Å². The molecule has 0 saturated heterocycles. The summed E-state index contributed by atoms with van der Waals surface area (Å²) in [7, 11) is 1.32. The van der Waals surface area contributed by atoms with Gasteiger partial charge >= 0.3 is 5.97 Å². The van der Waals surface area contributed by atoms with E-state index >= 15 is 0 Å². The maximum absolute atomic E-state index is 11.3. The van der Waals surface area contributed by atoms with Crippen LogP contribution in [0.15, 0.2) is 30.5 Å². The number of rotatable bonds is 4. The van der Waals surface area contributed by atoms with Crippen LogP contribution in [-0.2, 0) is 11.3 Å². The fourth-order valence-corrected chi connectivity index (χ4v) is 2.61. The first-order chi connectivity index (χ1) is 10.0. The van der Waals surface area contributed by atoms with Crippen LogP contribution in [0.2, 0.25) is 15.1 Å². The summed E-state index contributed by atoms with van der Waals surface area (Å²) in [5.41, 5.74) is 1.70. The van der Waals surface area contributed by atoms with Crippen molar-refractivity contribution in [2.45, 2.75) is 6.54 Å². The molecule has 2 rings (SSSR count). The van der Waals surface area contributed by atoms with Crippen LogP contribution in [0.4, 0.5) is 5.69 Å². The molecule has 0 spiro atoms. The van der Waals surface area contributed by atoms with Crippen molar-refractivity contribution in [2.24, 2.45) is 0 Å². The van der Waals surface area contributed by atoms with Gasteiger partial charge in [-0.05, 0) is 24.3 Å². The molecule has 0 aliphatic carbocycles. The molecule has 0 bridgehead atoms. The third-order valence-corrected chi connectivity index (χ3v) is 3.51. The molecule has 4 nitrogen and oxygen atoms in total. The molecule has 1 aromatic heterocycles.